The molecule has 0 N–H and O–H groups in total. The Labute approximate surface area is 142 Å². The first kappa shape index (κ1) is 20.2. The van der Waals surface area contributed by atoms with E-state index in [-0.39, 0.29) is 11.9 Å². The van der Waals surface area contributed by atoms with E-state index in [4.69, 9.17) is 0 Å². The van der Waals surface area contributed by atoms with Crippen molar-refractivity contribution in [3.05, 3.63) is 30.3 Å². The Bertz CT molecular complexity index is 395. The molecule has 0 spiro atoms. The summed E-state index contributed by atoms with van der Waals surface area (Å²) >= 11 is -0.0343. The van der Waals surface area contributed by atoms with Crippen molar-refractivity contribution in [3.8, 4) is 0 Å². The third-order valence-corrected chi connectivity index (χ3v) is 4.54. The molecule has 0 atom stereocenters. The van der Waals surface area contributed by atoms with Gasteiger partial charge in [-0.15, -0.1) is 0 Å². The molecule has 0 heterocycles. The summed E-state index contributed by atoms with van der Waals surface area (Å²) < 4.78 is 39.4. The summed E-state index contributed by atoms with van der Waals surface area (Å²) in [7, 11) is 0. The summed E-state index contributed by atoms with van der Waals surface area (Å²) in [5.74, 6) is 0. The first-order valence-corrected chi connectivity index (χ1v) is 9.38. The Morgan fingerprint density at radius 3 is 1.87 bits per heavy atom. The molecule has 0 unspecified atom stereocenters. The Kier molecular flexibility index (Phi) is 10.2. The van der Waals surface area contributed by atoms with Crippen LogP contribution in [0.15, 0.2) is 30.3 Å². The van der Waals surface area contributed by atoms with Crippen molar-refractivity contribution in [2.24, 2.45) is 0 Å². The number of anilines is 1. The largest absolute Gasteiger partial charge is 0.461 e. The molecule has 1 nitrogen and oxygen atoms in total. The van der Waals surface area contributed by atoms with Crippen molar-refractivity contribution in [3.63, 3.8) is 0 Å². The molecule has 23 heavy (non-hydrogen) atoms. The van der Waals surface area contributed by atoms with Crippen LogP contribution in [0, 0.1) is 0 Å². The second-order valence-corrected chi connectivity index (χ2v) is 6.89. The second-order valence-electron chi connectivity index (χ2n) is 5.80. The van der Waals surface area contributed by atoms with E-state index in [1.807, 2.05) is 6.07 Å². The van der Waals surface area contributed by atoms with Gasteiger partial charge in [-0.2, -0.15) is 13.2 Å². The lowest BCUT2D eigenvalue weighted by Gasteiger charge is -2.24. The van der Waals surface area contributed by atoms with Crippen molar-refractivity contribution in [1.29, 1.82) is 0 Å². The highest BCUT2D eigenvalue weighted by Gasteiger charge is 2.32. The van der Waals surface area contributed by atoms with E-state index in [9.17, 15) is 13.2 Å². The molecule has 0 fully saturated rings. The quantitative estimate of drug-likeness (QED) is 0.291. The van der Waals surface area contributed by atoms with E-state index in [0.717, 1.165) is 19.3 Å². The second kappa shape index (κ2) is 11.7. The van der Waals surface area contributed by atoms with E-state index in [2.05, 4.69) is 6.92 Å². The van der Waals surface area contributed by atoms with Crippen LogP contribution in [0.25, 0.3) is 0 Å². The molecule has 5 heteroatoms. The van der Waals surface area contributed by atoms with Crippen molar-refractivity contribution in [2.45, 2.75) is 70.2 Å². The number of alkyl halides is 3. The average Bonchev–Trinajstić information content (AvgIpc) is 2.52. The molecular formula is C18H28F3NS. The Hall–Kier alpha value is -0.840. The van der Waals surface area contributed by atoms with Crippen molar-refractivity contribution in [2.75, 3.05) is 10.8 Å². The predicted molar refractivity (Wildman–Crippen MR) is 94.7 cm³/mol. The Morgan fingerprint density at radius 1 is 0.826 bits per heavy atom. The highest BCUT2D eigenvalue weighted by atomic mass is 32.2. The van der Waals surface area contributed by atoms with Crippen LogP contribution in [0.3, 0.4) is 0 Å². The molecule has 0 amide bonds. The molecule has 0 bridgehead atoms. The number of hydrogen-bond acceptors (Lipinski definition) is 2. The van der Waals surface area contributed by atoms with Crippen molar-refractivity contribution >= 4 is 17.6 Å². The number of benzene rings is 1. The third-order valence-electron chi connectivity index (χ3n) is 3.72. The van der Waals surface area contributed by atoms with Gasteiger partial charge in [-0.1, -0.05) is 76.5 Å². The minimum absolute atomic E-state index is 0.0343. The zero-order valence-electron chi connectivity index (χ0n) is 13.9. The topological polar surface area (TPSA) is 3.24 Å². The van der Waals surface area contributed by atoms with Crippen LogP contribution in [0.2, 0.25) is 0 Å². The molecule has 1 aromatic carbocycles. The van der Waals surface area contributed by atoms with Crippen LogP contribution < -0.4 is 4.31 Å². The molecule has 1 aromatic rings. The van der Waals surface area contributed by atoms with Gasteiger partial charge in [0, 0.05) is 12.2 Å². The summed E-state index contributed by atoms with van der Waals surface area (Å²) in [6, 6.07) is 8.82. The molecule has 0 aromatic heterocycles. The molecular weight excluding hydrogens is 319 g/mol. The van der Waals surface area contributed by atoms with Crippen LogP contribution >= 0.6 is 11.9 Å². The number of halogens is 3. The number of para-hydroxylation sites is 1. The van der Waals surface area contributed by atoms with Gasteiger partial charge in [0.1, 0.15) is 0 Å². The molecule has 0 aliphatic heterocycles. The number of nitrogens with zero attached hydrogens (tertiary/aromatic N) is 1. The standard InChI is InChI=1S/C18H28F3NS/c1-2-3-4-5-6-7-8-9-13-16-22(23-18(19,20)21)17-14-11-10-12-15-17/h10-12,14-15H,2-9,13,16H2,1H3. The molecule has 0 radical (unpaired) electrons. The first-order chi connectivity index (χ1) is 11.0. The van der Waals surface area contributed by atoms with Gasteiger partial charge >= 0.3 is 5.51 Å². The van der Waals surface area contributed by atoms with Crippen LogP contribution in [-0.4, -0.2) is 12.1 Å². The molecule has 0 saturated heterocycles. The van der Waals surface area contributed by atoms with E-state index in [1.54, 1.807) is 24.3 Å². The van der Waals surface area contributed by atoms with Crippen molar-refractivity contribution in [1.82, 2.24) is 0 Å². The predicted octanol–water partition coefficient (Wildman–Crippen LogP) is 7.19. The summed E-state index contributed by atoms with van der Waals surface area (Å²) in [6.45, 7) is 2.64. The fraction of sp³-hybridized carbons (Fsp3) is 0.667. The lowest BCUT2D eigenvalue weighted by molar-refractivity contribution is -0.0329. The van der Waals surface area contributed by atoms with Crippen LogP contribution in [0.4, 0.5) is 18.9 Å². The summed E-state index contributed by atoms with van der Waals surface area (Å²) in [5, 5.41) is 0. The summed E-state index contributed by atoms with van der Waals surface area (Å²) in [4.78, 5) is 0. The van der Waals surface area contributed by atoms with Gasteiger partial charge in [-0.05, 0) is 18.6 Å². The number of hydrogen-bond donors (Lipinski definition) is 0. The average molecular weight is 347 g/mol. The van der Waals surface area contributed by atoms with E-state index in [1.165, 1.54) is 42.8 Å². The number of rotatable bonds is 12. The fourth-order valence-corrected chi connectivity index (χ4v) is 3.21. The normalized spacial score (nSPS) is 11.7. The monoisotopic (exact) mass is 347 g/mol. The summed E-state index contributed by atoms with van der Waals surface area (Å²) in [5.41, 5.74) is -3.62. The highest BCUT2D eigenvalue weighted by molar-refractivity contribution is 8.01. The smallest absolute Gasteiger partial charge is 0.309 e. The Morgan fingerprint density at radius 2 is 1.35 bits per heavy atom. The van der Waals surface area contributed by atoms with Crippen LogP contribution in [0.1, 0.15) is 64.7 Å². The van der Waals surface area contributed by atoms with Gasteiger partial charge in [0.05, 0.1) is 11.9 Å². The molecule has 0 aliphatic carbocycles. The molecule has 1 rings (SSSR count). The van der Waals surface area contributed by atoms with Gasteiger partial charge in [-0.3, -0.25) is 0 Å². The van der Waals surface area contributed by atoms with Crippen LogP contribution in [0.5, 0.6) is 0 Å². The van der Waals surface area contributed by atoms with E-state index >= 15 is 0 Å². The zero-order chi connectivity index (χ0) is 17.0. The Balaban J connectivity index is 2.24. The summed E-state index contributed by atoms with van der Waals surface area (Å²) in [6.07, 6.45) is 10.5. The maximum absolute atomic E-state index is 12.7. The SMILES string of the molecule is CCCCCCCCCCCN(SC(F)(F)F)c1ccccc1. The number of unbranched alkanes of at least 4 members (excludes halogenated alkanes) is 8. The molecule has 132 valence electrons. The third kappa shape index (κ3) is 10.5. The minimum Gasteiger partial charge on any atom is -0.309 e. The van der Waals surface area contributed by atoms with Gasteiger partial charge < -0.3 is 4.31 Å². The lowest BCUT2D eigenvalue weighted by atomic mass is 10.1. The van der Waals surface area contributed by atoms with E-state index in [0.29, 0.717) is 12.2 Å². The lowest BCUT2D eigenvalue weighted by Crippen LogP contribution is -2.21. The first-order valence-electron chi connectivity index (χ1n) is 8.61. The van der Waals surface area contributed by atoms with Gasteiger partial charge in [0.2, 0.25) is 0 Å². The van der Waals surface area contributed by atoms with Gasteiger partial charge in [-0.25, -0.2) is 0 Å². The maximum Gasteiger partial charge on any atom is 0.461 e. The van der Waals surface area contributed by atoms with Gasteiger partial charge in [0.25, 0.3) is 0 Å². The van der Waals surface area contributed by atoms with Crippen LogP contribution in [-0.2, 0) is 0 Å². The minimum atomic E-state index is -4.24. The molecule has 0 aliphatic rings. The van der Waals surface area contributed by atoms with Gasteiger partial charge in [0.15, 0.2) is 0 Å². The highest BCUT2D eigenvalue weighted by Crippen LogP contribution is 2.36. The van der Waals surface area contributed by atoms with Crippen molar-refractivity contribution < 1.29 is 13.2 Å². The zero-order valence-corrected chi connectivity index (χ0v) is 14.8. The van der Waals surface area contributed by atoms with E-state index < -0.39 is 5.51 Å². The maximum atomic E-state index is 12.7. The fourth-order valence-electron chi connectivity index (χ4n) is 2.51. The molecule has 0 saturated carbocycles.